The van der Waals surface area contributed by atoms with Crippen LogP contribution in [0, 0.1) is 5.92 Å². The third kappa shape index (κ3) is 6.37. The molecule has 2 atom stereocenters. The summed E-state index contributed by atoms with van der Waals surface area (Å²) in [6.45, 7) is 2.26. The normalized spacial score (nSPS) is 25.9. The maximum Gasteiger partial charge on any atom is 0.404 e. The Morgan fingerprint density at radius 1 is 1.11 bits per heavy atom. The molecule has 2 rings (SSSR count). The van der Waals surface area contributed by atoms with Gasteiger partial charge in [-0.05, 0) is 51.4 Å². The lowest BCUT2D eigenvalue weighted by molar-refractivity contribution is -0.137. The highest BCUT2D eigenvalue weighted by Crippen LogP contribution is 2.25. The van der Waals surface area contributed by atoms with Crippen molar-refractivity contribution < 1.29 is 24.6 Å². The van der Waals surface area contributed by atoms with Crippen LogP contribution < -0.4 is 10.6 Å². The van der Waals surface area contributed by atoms with Gasteiger partial charge in [0, 0.05) is 18.6 Å². The predicted molar refractivity (Wildman–Crippen MR) is 100 cm³/mol. The van der Waals surface area contributed by atoms with Gasteiger partial charge in [0.1, 0.15) is 0 Å². The Morgan fingerprint density at radius 2 is 1.74 bits per heavy atom. The SMILES string of the molecule is CC(C(O)C(=O)NCC1CCCCC1)N(C=O)[C@H]1CC[C@@H](NC(=O)O)CC1. The van der Waals surface area contributed by atoms with Crippen molar-refractivity contribution in [2.45, 2.75) is 88.9 Å². The zero-order chi connectivity index (χ0) is 19.8. The van der Waals surface area contributed by atoms with Gasteiger partial charge in [0.05, 0.1) is 6.04 Å². The first-order valence-corrected chi connectivity index (χ1v) is 10.1. The summed E-state index contributed by atoms with van der Waals surface area (Å²) in [5, 5.41) is 24.5. The molecule has 0 spiro atoms. The van der Waals surface area contributed by atoms with Gasteiger partial charge in [0.25, 0.3) is 5.91 Å². The van der Waals surface area contributed by atoms with Gasteiger partial charge >= 0.3 is 6.09 Å². The van der Waals surface area contributed by atoms with Crippen LogP contribution >= 0.6 is 0 Å². The average Bonchev–Trinajstić information content (AvgIpc) is 2.67. The van der Waals surface area contributed by atoms with E-state index in [1.54, 1.807) is 6.92 Å². The number of nitrogens with zero attached hydrogens (tertiary/aromatic N) is 1. The fourth-order valence-corrected chi connectivity index (χ4v) is 4.33. The molecular weight excluding hydrogens is 350 g/mol. The Balaban J connectivity index is 1.81. The summed E-state index contributed by atoms with van der Waals surface area (Å²) in [6, 6.07) is -0.820. The van der Waals surface area contributed by atoms with E-state index >= 15 is 0 Å². The molecule has 0 aromatic heterocycles. The average molecular weight is 383 g/mol. The first kappa shape index (κ1) is 21.5. The summed E-state index contributed by atoms with van der Waals surface area (Å²) in [6.07, 6.45) is 6.80. The van der Waals surface area contributed by atoms with E-state index < -0.39 is 24.1 Å². The highest BCUT2D eigenvalue weighted by Gasteiger charge is 2.33. The fraction of sp³-hybridized carbons (Fsp3) is 0.842. The molecule has 3 amide bonds. The standard InChI is InChI=1S/C19H33N3O5/c1-13(17(24)18(25)20-11-14-5-3-2-4-6-14)22(12-23)16-9-7-15(8-10-16)21-19(26)27/h12-17,21,24H,2-11H2,1H3,(H,20,25)(H,26,27)/t13?,15-,16+,17?. The monoisotopic (exact) mass is 383 g/mol. The number of carbonyl (C=O) groups excluding carboxylic acids is 2. The lowest BCUT2D eigenvalue weighted by atomic mass is 9.89. The summed E-state index contributed by atoms with van der Waals surface area (Å²) in [7, 11) is 0. The van der Waals surface area contributed by atoms with Crippen molar-refractivity contribution in [3.05, 3.63) is 0 Å². The van der Waals surface area contributed by atoms with E-state index in [1.165, 1.54) is 24.2 Å². The van der Waals surface area contributed by atoms with E-state index in [1.807, 2.05) is 0 Å². The summed E-state index contributed by atoms with van der Waals surface area (Å²) in [4.78, 5) is 36.2. The van der Waals surface area contributed by atoms with Gasteiger partial charge in [0.2, 0.25) is 6.41 Å². The molecular formula is C19H33N3O5. The van der Waals surface area contributed by atoms with Crippen molar-refractivity contribution in [1.29, 1.82) is 0 Å². The van der Waals surface area contributed by atoms with Gasteiger partial charge < -0.3 is 25.7 Å². The molecule has 2 saturated carbocycles. The van der Waals surface area contributed by atoms with Crippen LogP contribution in [0.3, 0.4) is 0 Å². The van der Waals surface area contributed by atoms with Crippen molar-refractivity contribution in [1.82, 2.24) is 15.5 Å². The van der Waals surface area contributed by atoms with Crippen LogP contribution in [-0.2, 0) is 9.59 Å². The number of aliphatic hydroxyl groups excluding tert-OH is 1. The number of aliphatic hydroxyl groups is 1. The lowest BCUT2D eigenvalue weighted by Gasteiger charge is -2.39. The van der Waals surface area contributed by atoms with Crippen LogP contribution in [0.5, 0.6) is 0 Å². The van der Waals surface area contributed by atoms with Gasteiger partial charge in [-0.1, -0.05) is 19.3 Å². The molecule has 0 aromatic carbocycles. The van der Waals surface area contributed by atoms with Gasteiger partial charge in [-0.15, -0.1) is 0 Å². The Kier molecular flexibility index (Phi) is 8.34. The summed E-state index contributed by atoms with van der Waals surface area (Å²) in [5.41, 5.74) is 0. The maximum absolute atomic E-state index is 12.3. The Morgan fingerprint density at radius 3 is 2.30 bits per heavy atom. The molecule has 8 nitrogen and oxygen atoms in total. The third-order valence-corrected chi connectivity index (χ3v) is 6.05. The summed E-state index contributed by atoms with van der Waals surface area (Å²) in [5.74, 6) is 0.0468. The highest BCUT2D eigenvalue weighted by atomic mass is 16.4. The van der Waals surface area contributed by atoms with E-state index in [0.717, 1.165) is 12.8 Å². The summed E-state index contributed by atoms with van der Waals surface area (Å²) >= 11 is 0. The quantitative estimate of drug-likeness (QED) is 0.473. The van der Waals surface area contributed by atoms with Crippen molar-refractivity contribution >= 4 is 18.4 Å². The largest absolute Gasteiger partial charge is 0.465 e. The molecule has 0 saturated heterocycles. The molecule has 2 aliphatic rings. The van der Waals surface area contributed by atoms with Gasteiger partial charge in [0.15, 0.2) is 6.10 Å². The van der Waals surface area contributed by atoms with Crippen LogP contribution in [0.2, 0.25) is 0 Å². The summed E-state index contributed by atoms with van der Waals surface area (Å²) < 4.78 is 0. The lowest BCUT2D eigenvalue weighted by Crippen LogP contribution is -2.54. The molecule has 0 aromatic rings. The molecule has 2 unspecified atom stereocenters. The van der Waals surface area contributed by atoms with E-state index in [9.17, 15) is 19.5 Å². The zero-order valence-corrected chi connectivity index (χ0v) is 16.1. The van der Waals surface area contributed by atoms with Crippen LogP contribution in [0.15, 0.2) is 0 Å². The molecule has 0 heterocycles. The van der Waals surface area contributed by atoms with Crippen molar-refractivity contribution in [3.8, 4) is 0 Å². The van der Waals surface area contributed by atoms with Gasteiger partial charge in [-0.25, -0.2) is 4.79 Å². The second kappa shape index (κ2) is 10.5. The molecule has 0 radical (unpaired) electrons. The number of hydrogen-bond donors (Lipinski definition) is 4. The van der Waals surface area contributed by atoms with E-state index in [-0.39, 0.29) is 12.1 Å². The van der Waals surface area contributed by atoms with Gasteiger partial charge in [-0.2, -0.15) is 0 Å². The fourth-order valence-electron chi connectivity index (χ4n) is 4.33. The Hall–Kier alpha value is -1.83. The molecule has 0 aliphatic heterocycles. The van der Waals surface area contributed by atoms with Crippen LogP contribution in [0.1, 0.15) is 64.7 Å². The van der Waals surface area contributed by atoms with Gasteiger partial charge in [-0.3, -0.25) is 9.59 Å². The molecule has 2 fully saturated rings. The number of nitrogens with one attached hydrogen (secondary N) is 2. The Labute approximate surface area is 160 Å². The second-order valence-electron chi connectivity index (χ2n) is 7.94. The molecule has 2 aliphatic carbocycles. The molecule has 0 bridgehead atoms. The minimum atomic E-state index is -1.27. The van der Waals surface area contributed by atoms with E-state index in [0.29, 0.717) is 44.6 Å². The number of carbonyl (C=O) groups is 3. The van der Waals surface area contributed by atoms with Crippen molar-refractivity contribution in [2.24, 2.45) is 5.92 Å². The van der Waals surface area contributed by atoms with Crippen molar-refractivity contribution in [2.75, 3.05) is 6.54 Å². The first-order valence-electron chi connectivity index (χ1n) is 10.1. The third-order valence-electron chi connectivity index (χ3n) is 6.05. The minimum absolute atomic E-state index is 0.0925. The number of hydrogen-bond acceptors (Lipinski definition) is 4. The molecule has 27 heavy (non-hydrogen) atoms. The smallest absolute Gasteiger partial charge is 0.404 e. The number of rotatable bonds is 8. The number of amides is 3. The van der Waals surface area contributed by atoms with Crippen LogP contribution in [0.25, 0.3) is 0 Å². The van der Waals surface area contributed by atoms with Crippen LogP contribution in [0.4, 0.5) is 4.79 Å². The number of carboxylic acid groups (broad SMARTS) is 1. The first-order chi connectivity index (χ1) is 12.9. The molecule has 154 valence electrons. The predicted octanol–water partition coefficient (Wildman–Crippen LogP) is 1.47. The van der Waals surface area contributed by atoms with E-state index in [4.69, 9.17) is 5.11 Å². The topological polar surface area (TPSA) is 119 Å². The molecule has 8 heteroatoms. The highest BCUT2D eigenvalue weighted by molar-refractivity contribution is 5.81. The van der Waals surface area contributed by atoms with E-state index in [2.05, 4.69) is 10.6 Å². The second-order valence-corrected chi connectivity index (χ2v) is 7.94. The Bertz CT molecular complexity index is 502. The van der Waals surface area contributed by atoms with Crippen molar-refractivity contribution in [3.63, 3.8) is 0 Å². The molecule has 4 N–H and O–H groups in total. The minimum Gasteiger partial charge on any atom is -0.465 e. The van der Waals surface area contributed by atoms with Crippen LogP contribution in [-0.4, -0.2) is 64.3 Å². The zero-order valence-electron chi connectivity index (χ0n) is 16.1. The maximum atomic E-state index is 12.3.